The molecule has 0 radical (unpaired) electrons. The molecule has 0 fully saturated rings. The molecule has 3 rings (SSSR count). The number of hydrogen-bond acceptors (Lipinski definition) is 5. The second-order valence-corrected chi connectivity index (χ2v) is 10.4. The first-order valence-corrected chi connectivity index (χ1v) is 11.7. The maximum Gasteiger partial charge on any atom is 0.416 e. The number of sulfone groups is 1. The predicted octanol–water partition coefficient (Wildman–Crippen LogP) is 5.60. The summed E-state index contributed by atoms with van der Waals surface area (Å²) in [7, 11) is -4.01. The Bertz CT molecular complexity index is 1240. The van der Waals surface area contributed by atoms with E-state index >= 15 is 0 Å². The van der Waals surface area contributed by atoms with Crippen LogP contribution in [-0.2, 0) is 27.2 Å². The second-order valence-electron chi connectivity index (χ2n) is 6.93. The minimum Gasteiger partial charge on any atom is -0.494 e. The van der Waals surface area contributed by atoms with Crippen LogP contribution in [0.25, 0.3) is 11.1 Å². The van der Waals surface area contributed by atoms with Crippen molar-refractivity contribution in [1.82, 2.24) is 0 Å². The summed E-state index contributed by atoms with van der Waals surface area (Å²) in [6.07, 6.45) is -4.83. The number of carboxylic acid groups (broad SMARTS) is 1. The number of carbonyl (C=O) groups is 1. The van der Waals surface area contributed by atoms with Crippen LogP contribution >= 0.6 is 11.3 Å². The number of carboxylic acids is 1. The lowest BCUT2D eigenvalue weighted by molar-refractivity contribution is -0.138. The van der Waals surface area contributed by atoms with E-state index in [1.54, 1.807) is 13.8 Å². The van der Waals surface area contributed by atoms with E-state index in [0.29, 0.717) is 16.0 Å². The van der Waals surface area contributed by atoms with Gasteiger partial charge in [0.25, 0.3) is 0 Å². The van der Waals surface area contributed by atoms with Crippen LogP contribution in [0.5, 0.6) is 5.75 Å². The zero-order valence-electron chi connectivity index (χ0n) is 17.1. The molecule has 0 saturated heterocycles. The molecule has 3 aromatic rings. The molecule has 1 heterocycles. The number of rotatable bonds is 7. The minimum atomic E-state index is -4.46. The maximum atomic E-state index is 13.3. The molecule has 0 aliphatic rings. The van der Waals surface area contributed by atoms with Crippen molar-refractivity contribution in [2.45, 2.75) is 35.5 Å². The molecule has 0 spiro atoms. The highest BCUT2D eigenvalue weighted by Crippen LogP contribution is 2.38. The monoisotopic (exact) mass is 484 g/mol. The number of benzene rings is 2. The molecule has 1 aromatic heterocycles. The van der Waals surface area contributed by atoms with Gasteiger partial charge in [0.15, 0.2) is 0 Å². The number of halogens is 3. The van der Waals surface area contributed by atoms with Crippen LogP contribution in [0.2, 0.25) is 0 Å². The van der Waals surface area contributed by atoms with Crippen LogP contribution in [0.4, 0.5) is 13.2 Å². The number of ether oxygens (including phenoxy) is 1. The molecule has 10 heteroatoms. The molecule has 0 amide bonds. The summed E-state index contributed by atoms with van der Waals surface area (Å²) in [4.78, 5) is 11.6. The van der Waals surface area contributed by atoms with Crippen molar-refractivity contribution in [2.24, 2.45) is 0 Å². The fourth-order valence-corrected chi connectivity index (χ4v) is 6.09. The summed E-state index contributed by atoms with van der Waals surface area (Å²) >= 11 is 0.992. The summed E-state index contributed by atoms with van der Waals surface area (Å²) < 4.78 is 70.4. The van der Waals surface area contributed by atoms with E-state index in [9.17, 15) is 26.4 Å². The van der Waals surface area contributed by atoms with E-state index in [0.717, 1.165) is 23.5 Å². The Labute approximate surface area is 187 Å². The molecule has 0 aliphatic carbocycles. The Kier molecular flexibility index (Phi) is 6.66. The highest BCUT2D eigenvalue weighted by molar-refractivity contribution is 7.93. The van der Waals surface area contributed by atoms with Gasteiger partial charge in [0.2, 0.25) is 9.84 Å². The van der Waals surface area contributed by atoms with Gasteiger partial charge in [-0.2, -0.15) is 13.2 Å². The average Bonchev–Trinajstić information content (AvgIpc) is 3.09. The van der Waals surface area contributed by atoms with Gasteiger partial charge < -0.3 is 9.84 Å². The number of aliphatic carboxylic acids is 1. The molecular formula is C22H19F3O5S2. The summed E-state index contributed by atoms with van der Waals surface area (Å²) in [5.74, 6) is -0.875. The van der Waals surface area contributed by atoms with Gasteiger partial charge in [0.1, 0.15) is 9.96 Å². The van der Waals surface area contributed by atoms with Gasteiger partial charge in [-0.3, -0.25) is 4.79 Å². The molecule has 0 atom stereocenters. The van der Waals surface area contributed by atoms with Gasteiger partial charge >= 0.3 is 12.1 Å². The highest BCUT2D eigenvalue weighted by atomic mass is 32.2. The van der Waals surface area contributed by atoms with Crippen molar-refractivity contribution < 1.29 is 36.2 Å². The molecule has 32 heavy (non-hydrogen) atoms. The Morgan fingerprint density at radius 1 is 1.09 bits per heavy atom. The predicted molar refractivity (Wildman–Crippen MR) is 114 cm³/mol. The number of aryl methyl sites for hydroxylation is 1. The lowest BCUT2D eigenvalue weighted by Gasteiger charge is -2.09. The highest BCUT2D eigenvalue weighted by Gasteiger charge is 2.30. The average molecular weight is 485 g/mol. The van der Waals surface area contributed by atoms with Crippen LogP contribution in [0.15, 0.2) is 57.6 Å². The van der Waals surface area contributed by atoms with Gasteiger partial charge in [0, 0.05) is 4.88 Å². The van der Waals surface area contributed by atoms with Gasteiger partial charge in [-0.25, -0.2) is 8.42 Å². The maximum absolute atomic E-state index is 13.3. The summed E-state index contributed by atoms with van der Waals surface area (Å²) in [6, 6.07) is 10.0. The molecule has 0 bridgehead atoms. The quantitative estimate of drug-likeness (QED) is 0.472. The van der Waals surface area contributed by atoms with Crippen molar-refractivity contribution in [3.8, 4) is 16.9 Å². The number of thiophene rings is 1. The molecule has 0 unspecified atom stereocenters. The lowest BCUT2D eigenvalue weighted by Crippen LogP contribution is -2.05. The number of alkyl halides is 3. The van der Waals surface area contributed by atoms with E-state index in [1.807, 2.05) is 0 Å². The normalized spacial score (nSPS) is 12.0. The minimum absolute atomic E-state index is 0.000165. The van der Waals surface area contributed by atoms with Crippen LogP contribution in [0, 0.1) is 6.92 Å². The fourth-order valence-electron chi connectivity index (χ4n) is 3.14. The Hall–Kier alpha value is -2.85. The van der Waals surface area contributed by atoms with Gasteiger partial charge in [-0.15, -0.1) is 11.3 Å². The van der Waals surface area contributed by atoms with Crippen molar-refractivity contribution in [3.05, 3.63) is 64.5 Å². The van der Waals surface area contributed by atoms with E-state index in [4.69, 9.17) is 9.84 Å². The third-order valence-electron chi connectivity index (χ3n) is 4.60. The molecule has 0 saturated carbocycles. The number of hydrogen-bond donors (Lipinski definition) is 1. The smallest absolute Gasteiger partial charge is 0.416 e. The molecule has 170 valence electrons. The molecular weight excluding hydrogens is 465 g/mol. The van der Waals surface area contributed by atoms with Crippen LogP contribution < -0.4 is 4.74 Å². The Morgan fingerprint density at radius 2 is 1.75 bits per heavy atom. The summed E-state index contributed by atoms with van der Waals surface area (Å²) in [5.41, 5.74) is 0.454. The van der Waals surface area contributed by atoms with Crippen molar-refractivity contribution in [2.75, 3.05) is 6.61 Å². The first kappa shape index (κ1) is 23.8. The molecule has 1 N–H and O–H groups in total. The largest absolute Gasteiger partial charge is 0.494 e. The zero-order valence-corrected chi connectivity index (χ0v) is 18.7. The fraction of sp³-hybridized carbons (Fsp3) is 0.227. The van der Waals surface area contributed by atoms with Gasteiger partial charge in [0.05, 0.1) is 23.5 Å². The van der Waals surface area contributed by atoms with E-state index in [-0.39, 0.29) is 33.4 Å². The van der Waals surface area contributed by atoms with Crippen LogP contribution in [0.1, 0.15) is 22.9 Å². The molecule has 0 aliphatic heterocycles. The van der Waals surface area contributed by atoms with Crippen molar-refractivity contribution in [3.63, 3.8) is 0 Å². The van der Waals surface area contributed by atoms with Crippen molar-refractivity contribution in [1.29, 1.82) is 0 Å². The SMILES string of the molecule is CCOc1cc(CC(=O)O)cc(S(=O)(=O)c2cc(-c3ccc(C(F)(F)F)cc3)c(C)s2)c1. The van der Waals surface area contributed by atoms with Gasteiger partial charge in [-0.05, 0) is 66.9 Å². The van der Waals surface area contributed by atoms with Crippen LogP contribution in [-0.4, -0.2) is 26.1 Å². The Balaban J connectivity index is 2.03. The Morgan fingerprint density at radius 3 is 2.31 bits per heavy atom. The topological polar surface area (TPSA) is 80.7 Å². The van der Waals surface area contributed by atoms with E-state index in [1.165, 1.54) is 36.4 Å². The first-order chi connectivity index (χ1) is 14.9. The molecule has 5 nitrogen and oxygen atoms in total. The zero-order chi connectivity index (χ0) is 23.7. The third kappa shape index (κ3) is 5.13. The summed E-state index contributed by atoms with van der Waals surface area (Å²) in [6.45, 7) is 3.67. The summed E-state index contributed by atoms with van der Waals surface area (Å²) in [5, 5.41) is 9.08. The van der Waals surface area contributed by atoms with Gasteiger partial charge in [-0.1, -0.05) is 12.1 Å². The third-order valence-corrected chi connectivity index (χ3v) is 7.86. The standard InChI is InChI=1S/C22H19F3O5S2/c1-3-30-17-8-14(10-20(26)27)9-18(11-17)32(28,29)21-12-19(13(2)31-21)15-4-6-16(7-5-15)22(23,24)25/h4-9,11-12H,3,10H2,1-2H3,(H,26,27). The van der Waals surface area contributed by atoms with E-state index in [2.05, 4.69) is 0 Å². The van der Waals surface area contributed by atoms with Crippen molar-refractivity contribution >= 4 is 27.1 Å². The first-order valence-electron chi connectivity index (χ1n) is 9.43. The van der Waals surface area contributed by atoms with Crippen LogP contribution in [0.3, 0.4) is 0 Å². The molecule has 2 aromatic carbocycles. The van der Waals surface area contributed by atoms with E-state index < -0.39 is 27.5 Å². The lowest BCUT2D eigenvalue weighted by atomic mass is 10.0. The second kappa shape index (κ2) is 8.95.